The molecule has 0 N–H and O–H groups in total. The maximum absolute atomic E-state index is 12.4. The molecule has 1 atom stereocenters. The Kier molecular flexibility index (Phi) is 3.78. The van der Waals surface area contributed by atoms with E-state index in [-0.39, 0.29) is 5.78 Å². The molecule has 0 aliphatic carbocycles. The van der Waals surface area contributed by atoms with Crippen LogP contribution in [0.4, 0.5) is 13.2 Å². The Morgan fingerprint density at radius 1 is 1.38 bits per heavy atom. The first-order chi connectivity index (χ1) is 7.23. The predicted molar refractivity (Wildman–Crippen MR) is 58.9 cm³/mol. The molecule has 0 saturated carbocycles. The summed E-state index contributed by atoms with van der Waals surface area (Å²) in [5.41, 5.74) is -0.0766. The minimum atomic E-state index is -4.37. The third-order valence-corrected chi connectivity index (χ3v) is 2.60. The molecule has 0 saturated heterocycles. The van der Waals surface area contributed by atoms with Crippen molar-refractivity contribution >= 4 is 21.7 Å². The first-order valence-electron chi connectivity index (χ1n) is 4.59. The molecule has 1 aromatic rings. The highest BCUT2D eigenvalue weighted by Gasteiger charge is 2.31. The Morgan fingerprint density at radius 2 is 1.94 bits per heavy atom. The van der Waals surface area contributed by atoms with Crippen LogP contribution in [0.15, 0.2) is 18.2 Å². The minimum absolute atomic E-state index is 0.216. The summed E-state index contributed by atoms with van der Waals surface area (Å²) in [5, 5.41) is 0. The average molecular weight is 295 g/mol. The SMILES string of the molecule is Cc1cc(C(F)(F)F)ccc1C(=O)C(C)Br. The number of benzene rings is 1. The molecule has 0 aliphatic heterocycles. The highest BCUT2D eigenvalue weighted by atomic mass is 79.9. The molecule has 1 unspecified atom stereocenters. The number of hydrogen-bond acceptors (Lipinski definition) is 1. The summed E-state index contributed by atoms with van der Waals surface area (Å²) in [6, 6.07) is 3.14. The zero-order valence-corrected chi connectivity index (χ0v) is 10.3. The molecular weight excluding hydrogens is 285 g/mol. The van der Waals surface area contributed by atoms with Crippen LogP contribution in [-0.4, -0.2) is 10.6 Å². The number of rotatable bonds is 2. The van der Waals surface area contributed by atoms with Gasteiger partial charge in [-0.1, -0.05) is 22.0 Å². The van der Waals surface area contributed by atoms with Crippen molar-refractivity contribution in [3.8, 4) is 0 Å². The highest BCUT2D eigenvalue weighted by molar-refractivity contribution is 9.10. The second-order valence-corrected chi connectivity index (χ2v) is 4.88. The molecule has 0 aliphatic rings. The zero-order valence-electron chi connectivity index (χ0n) is 8.73. The van der Waals surface area contributed by atoms with Gasteiger partial charge in [-0.05, 0) is 31.5 Å². The van der Waals surface area contributed by atoms with Crippen LogP contribution < -0.4 is 0 Å². The van der Waals surface area contributed by atoms with E-state index in [1.807, 2.05) is 0 Å². The van der Waals surface area contributed by atoms with E-state index in [9.17, 15) is 18.0 Å². The Balaban J connectivity index is 3.15. The van der Waals surface area contributed by atoms with Gasteiger partial charge in [0, 0.05) is 5.56 Å². The Morgan fingerprint density at radius 3 is 2.31 bits per heavy atom. The first-order valence-corrected chi connectivity index (χ1v) is 5.51. The van der Waals surface area contributed by atoms with Gasteiger partial charge in [0.1, 0.15) is 0 Å². The van der Waals surface area contributed by atoms with Gasteiger partial charge in [0.2, 0.25) is 0 Å². The number of halogens is 4. The lowest BCUT2D eigenvalue weighted by atomic mass is 10.0. The van der Waals surface area contributed by atoms with Crippen LogP contribution in [0.3, 0.4) is 0 Å². The number of hydrogen-bond donors (Lipinski definition) is 0. The van der Waals surface area contributed by atoms with Gasteiger partial charge in [-0.15, -0.1) is 0 Å². The van der Waals surface area contributed by atoms with Gasteiger partial charge >= 0.3 is 6.18 Å². The van der Waals surface area contributed by atoms with E-state index >= 15 is 0 Å². The van der Waals surface area contributed by atoms with E-state index in [0.29, 0.717) is 11.1 Å². The molecule has 1 rings (SSSR count). The van der Waals surface area contributed by atoms with Crippen LogP contribution in [-0.2, 0) is 6.18 Å². The van der Waals surface area contributed by atoms with Gasteiger partial charge in [-0.3, -0.25) is 4.79 Å². The zero-order chi connectivity index (χ0) is 12.5. The van der Waals surface area contributed by atoms with Crippen molar-refractivity contribution in [3.63, 3.8) is 0 Å². The van der Waals surface area contributed by atoms with Gasteiger partial charge in [0.25, 0.3) is 0 Å². The smallest absolute Gasteiger partial charge is 0.293 e. The van der Waals surface area contributed by atoms with Crippen LogP contribution in [0.25, 0.3) is 0 Å². The summed E-state index contributed by atoms with van der Waals surface area (Å²) in [6.45, 7) is 3.14. The Labute approximate surface area is 99.8 Å². The lowest BCUT2D eigenvalue weighted by Gasteiger charge is -2.11. The summed E-state index contributed by atoms with van der Waals surface area (Å²) < 4.78 is 37.1. The number of aryl methyl sites for hydroxylation is 1. The van der Waals surface area contributed by atoms with E-state index in [0.717, 1.165) is 12.1 Å². The second kappa shape index (κ2) is 4.57. The van der Waals surface area contributed by atoms with E-state index in [1.54, 1.807) is 6.92 Å². The van der Waals surface area contributed by atoms with E-state index in [1.165, 1.54) is 13.0 Å². The molecule has 0 spiro atoms. The van der Waals surface area contributed by atoms with Crippen molar-refractivity contribution in [3.05, 3.63) is 34.9 Å². The van der Waals surface area contributed by atoms with Gasteiger partial charge in [0.05, 0.1) is 10.4 Å². The minimum Gasteiger partial charge on any atom is -0.293 e. The molecule has 1 nitrogen and oxygen atoms in total. The van der Waals surface area contributed by atoms with Gasteiger partial charge in [-0.25, -0.2) is 0 Å². The topological polar surface area (TPSA) is 17.1 Å². The largest absolute Gasteiger partial charge is 0.416 e. The predicted octanol–water partition coefficient (Wildman–Crippen LogP) is 3.98. The fourth-order valence-electron chi connectivity index (χ4n) is 1.33. The average Bonchev–Trinajstić information content (AvgIpc) is 2.15. The number of ketones is 1. The summed E-state index contributed by atoms with van der Waals surface area (Å²) in [6.07, 6.45) is -4.37. The second-order valence-electron chi connectivity index (χ2n) is 3.51. The van der Waals surface area contributed by atoms with Crippen LogP contribution in [0.2, 0.25) is 0 Å². The maximum atomic E-state index is 12.4. The maximum Gasteiger partial charge on any atom is 0.416 e. The van der Waals surface area contributed by atoms with Crippen molar-refractivity contribution in [2.45, 2.75) is 24.9 Å². The molecule has 0 fully saturated rings. The number of carbonyl (C=O) groups excluding carboxylic acids is 1. The Hall–Kier alpha value is -0.840. The third kappa shape index (κ3) is 2.84. The number of alkyl halides is 4. The lowest BCUT2D eigenvalue weighted by Crippen LogP contribution is -2.13. The molecule has 88 valence electrons. The molecule has 0 heterocycles. The molecule has 1 aromatic carbocycles. The molecule has 0 bridgehead atoms. The van der Waals surface area contributed by atoms with Crippen LogP contribution in [0.1, 0.15) is 28.4 Å². The van der Waals surface area contributed by atoms with Crippen molar-refractivity contribution < 1.29 is 18.0 Å². The standard InChI is InChI=1S/C11H10BrF3O/c1-6-5-8(11(13,14)15)3-4-9(6)10(16)7(2)12/h3-5,7H,1-2H3. The highest BCUT2D eigenvalue weighted by Crippen LogP contribution is 2.30. The van der Waals surface area contributed by atoms with Gasteiger partial charge in [-0.2, -0.15) is 13.2 Å². The summed E-state index contributed by atoms with van der Waals surface area (Å²) in [4.78, 5) is 11.2. The van der Waals surface area contributed by atoms with Crippen molar-refractivity contribution in [2.75, 3.05) is 0 Å². The van der Waals surface area contributed by atoms with E-state index in [4.69, 9.17) is 0 Å². The van der Waals surface area contributed by atoms with Crippen LogP contribution in [0, 0.1) is 6.92 Å². The van der Waals surface area contributed by atoms with Gasteiger partial charge in [0.15, 0.2) is 5.78 Å². The first kappa shape index (κ1) is 13.2. The molecule has 0 amide bonds. The lowest BCUT2D eigenvalue weighted by molar-refractivity contribution is -0.137. The molecule has 16 heavy (non-hydrogen) atoms. The Bertz CT molecular complexity index is 410. The van der Waals surface area contributed by atoms with E-state index in [2.05, 4.69) is 15.9 Å². The molecular formula is C11H10BrF3O. The number of carbonyl (C=O) groups is 1. The summed E-state index contributed by atoms with van der Waals surface area (Å²) in [5.74, 6) is -0.216. The van der Waals surface area contributed by atoms with E-state index < -0.39 is 16.6 Å². The van der Waals surface area contributed by atoms with Crippen LogP contribution in [0.5, 0.6) is 0 Å². The van der Waals surface area contributed by atoms with Crippen molar-refractivity contribution in [2.24, 2.45) is 0 Å². The molecule has 5 heteroatoms. The number of Topliss-reactive ketones (excluding diaryl/α,β-unsaturated/α-hetero) is 1. The summed E-state index contributed by atoms with van der Waals surface area (Å²) >= 11 is 3.10. The quantitative estimate of drug-likeness (QED) is 0.596. The molecule has 0 aromatic heterocycles. The monoisotopic (exact) mass is 294 g/mol. The van der Waals surface area contributed by atoms with Crippen LogP contribution >= 0.6 is 15.9 Å². The fourth-order valence-corrected chi connectivity index (χ4v) is 1.58. The van der Waals surface area contributed by atoms with Crippen molar-refractivity contribution in [1.82, 2.24) is 0 Å². The fraction of sp³-hybridized carbons (Fsp3) is 0.364. The van der Waals surface area contributed by atoms with Gasteiger partial charge < -0.3 is 0 Å². The summed E-state index contributed by atoms with van der Waals surface area (Å²) in [7, 11) is 0. The molecule has 0 radical (unpaired) electrons. The normalized spacial score (nSPS) is 13.6. The third-order valence-electron chi connectivity index (χ3n) is 2.18. The van der Waals surface area contributed by atoms with Crippen molar-refractivity contribution in [1.29, 1.82) is 0 Å².